The van der Waals surface area contributed by atoms with Crippen molar-refractivity contribution in [3.05, 3.63) is 76.9 Å². The fraction of sp³-hybridized carbons (Fsp3) is 0.182. The Bertz CT molecular complexity index is 1000. The molecule has 0 fully saturated rings. The number of carbonyl (C=O) groups excluding carboxylic acids is 1. The molecule has 146 valence electrons. The van der Waals surface area contributed by atoms with Crippen LogP contribution in [0.15, 0.2) is 71.6 Å². The van der Waals surface area contributed by atoms with Gasteiger partial charge in [-0.2, -0.15) is 0 Å². The van der Waals surface area contributed by atoms with Crippen LogP contribution in [0.25, 0.3) is 11.3 Å². The maximum Gasteiger partial charge on any atom is 0.190 e. The molecule has 3 rings (SSSR count). The molecule has 0 aliphatic heterocycles. The lowest BCUT2D eigenvalue weighted by Crippen LogP contribution is -3.00. The molecule has 0 saturated carbocycles. The van der Waals surface area contributed by atoms with Crippen LogP contribution in [0.4, 0.5) is 5.69 Å². The van der Waals surface area contributed by atoms with Crippen LogP contribution >= 0.6 is 11.3 Å². The van der Waals surface area contributed by atoms with Gasteiger partial charge in [-0.25, -0.2) is 4.99 Å². The van der Waals surface area contributed by atoms with Crippen molar-refractivity contribution in [3.8, 4) is 17.0 Å². The van der Waals surface area contributed by atoms with E-state index in [2.05, 4.69) is 28.7 Å². The molecule has 0 radical (unpaired) electrons. The Balaban J connectivity index is 0.00000280. The third-order valence-electron chi connectivity index (χ3n) is 4.07. The van der Waals surface area contributed by atoms with Crippen LogP contribution < -0.4 is 26.5 Å². The fourth-order valence-electron chi connectivity index (χ4n) is 2.72. The van der Waals surface area contributed by atoms with E-state index in [4.69, 9.17) is 9.73 Å². The average Bonchev–Trinajstić information content (AvgIpc) is 3.06. The quantitative estimate of drug-likeness (QED) is 0.403. The van der Waals surface area contributed by atoms with Crippen molar-refractivity contribution in [1.82, 2.24) is 4.57 Å². The van der Waals surface area contributed by atoms with E-state index in [0.29, 0.717) is 18.7 Å². The summed E-state index contributed by atoms with van der Waals surface area (Å²) >= 11 is 1.58. The highest BCUT2D eigenvalue weighted by atomic mass is 79.9. The van der Waals surface area contributed by atoms with Crippen molar-refractivity contribution >= 4 is 22.8 Å². The number of carbonyl (C=O) groups is 1. The summed E-state index contributed by atoms with van der Waals surface area (Å²) in [5.41, 5.74) is 3.69. The van der Waals surface area contributed by atoms with E-state index in [1.807, 2.05) is 37.3 Å². The molecule has 1 heterocycles. The predicted molar refractivity (Wildman–Crippen MR) is 111 cm³/mol. The molecule has 0 saturated heterocycles. The molecule has 4 nitrogen and oxygen atoms in total. The molecule has 6 heteroatoms. The van der Waals surface area contributed by atoms with Gasteiger partial charge in [-0.05, 0) is 67.9 Å². The number of benzene rings is 2. The molecule has 2 aromatic carbocycles. The zero-order valence-electron chi connectivity index (χ0n) is 15.9. The van der Waals surface area contributed by atoms with Gasteiger partial charge in [0.25, 0.3) is 0 Å². The van der Waals surface area contributed by atoms with E-state index < -0.39 is 0 Å². The van der Waals surface area contributed by atoms with E-state index in [9.17, 15) is 4.79 Å². The number of hydrogen-bond donors (Lipinski definition) is 0. The first-order valence-corrected chi connectivity index (χ1v) is 9.68. The topological polar surface area (TPSA) is 43.6 Å². The standard InChI is InChI=1S/C22H22N2O2S.BrH/c1-4-14-24-21(18-8-12-20(13-9-18)26-5-2)15-27-22(24)23-19-10-6-17(7-11-19)16(3)25;/h4,6-13,15H,1,5,14H2,2-3H3;1H/p-1. The van der Waals surface area contributed by atoms with Crippen LogP contribution in [0.3, 0.4) is 0 Å². The molecule has 0 unspecified atom stereocenters. The van der Waals surface area contributed by atoms with Gasteiger partial charge in [-0.3, -0.25) is 4.79 Å². The lowest BCUT2D eigenvalue weighted by molar-refractivity contribution is -0.0000140. The molecule has 0 aliphatic rings. The Hall–Kier alpha value is -2.44. The molecule has 0 bridgehead atoms. The van der Waals surface area contributed by atoms with Crippen molar-refractivity contribution < 1.29 is 26.5 Å². The molecule has 1 aromatic heterocycles. The molecule has 0 N–H and O–H groups in total. The molecular formula is C22H22BrN2O2S-. The minimum Gasteiger partial charge on any atom is -1.00 e. The Morgan fingerprint density at radius 3 is 2.43 bits per heavy atom. The lowest BCUT2D eigenvalue weighted by Gasteiger charge is -2.08. The van der Waals surface area contributed by atoms with Crippen LogP contribution in [0.2, 0.25) is 0 Å². The van der Waals surface area contributed by atoms with Crippen LogP contribution in [-0.2, 0) is 6.54 Å². The summed E-state index contributed by atoms with van der Waals surface area (Å²) in [6.45, 7) is 8.72. The first-order valence-electron chi connectivity index (χ1n) is 8.80. The largest absolute Gasteiger partial charge is 1.00 e. The number of ketones is 1. The van der Waals surface area contributed by atoms with E-state index in [1.54, 1.807) is 30.4 Å². The van der Waals surface area contributed by atoms with Crippen LogP contribution in [0.1, 0.15) is 24.2 Å². The number of aromatic nitrogens is 1. The van der Waals surface area contributed by atoms with Gasteiger partial charge in [0.05, 0.1) is 18.0 Å². The Labute approximate surface area is 179 Å². The summed E-state index contributed by atoms with van der Waals surface area (Å²) in [5, 5.41) is 2.10. The van der Waals surface area contributed by atoms with Crippen LogP contribution in [0, 0.1) is 0 Å². The summed E-state index contributed by atoms with van der Waals surface area (Å²) in [7, 11) is 0. The van der Waals surface area contributed by atoms with E-state index in [0.717, 1.165) is 27.5 Å². The number of halogens is 1. The highest BCUT2D eigenvalue weighted by molar-refractivity contribution is 7.07. The van der Waals surface area contributed by atoms with Crippen LogP contribution in [0.5, 0.6) is 5.75 Å². The van der Waals surface area contributed by atoms with E-state index in [1.165, 1.54) is 0 Å². The van der Waals surface area contributed by atoms with Gasteiger partial charge in [0.15, 0.2) is 10.6 Å². The number of rotatable bonds is 7. The van der Waals surface area contributed by atoms with Gasteiger partial charge in [0.1, 0.15) is 5.75 Å². The third-order valence-corrected chi connectivity index (χ3v) is 4.93. The zero-order valence-corrected chi connectivity index (χ0v) is 18.3. The van der Waals surface area contributed by atoms with Crippen molar-refractivity contribution in [3.63, 3.8) is 0 Å². The number of nitrogens with zero attached hydrogens (tertiary/aromatic N) is 2. The normalized spacial score (nSPS) is 11.0. The highest BCUT2D eigenvalue weighted by Gasteiger charge is 2.08. The minimum atomic E-state index is 0. The van der Waals surface area contributed by atoms with Gasteiger partial charge in [-0.1, -0.05) is 6.08 Å². The SMILES string of the molecule is C=CCn1c(-c2ccc(OCC)cc2)csc1=Nc1ccc(C(C)=O)cc1.[Br-]. The van der Waals surface area contributed by atoms with Gasteiger partial charge < -0.3 is 26.3 Å². The van der Waals surface area contributed by atoms with E-state index in [-0.39, 0.29) is 22.8 Å². The number of allylic oxidation sites excluding steroid dienone is 1. The maximum atomic E-state index is 11.4. The number of hydrogen-bond acceptors (Lipinski definition) is 4. The maximum absolute atomic E-state index is 11.4. The summed E-state index contributed by atoms with van der Waals surface area (Å²) in [5.74, 6) is 0.916. The average molecular weight is 458 g/mol. The Morgan fingerprint density at radius 2 is 1.86 bits per heavy atom. The first kappa shape index (κ1) is 21.9. The smallest absolute Gasteiger partial charge is 0.190 e. The Kier molecular flexibility index (Phi) is 7.96. The van der Waals surface area contributed by atoms with Crippen molar-refractivity contribution in [2.45, 2.75) is 20.4 Å². The number of Topliss-reactive ketones (excluding diaryl/α,β-unsaturated/α-hetero) is 1. The second-order valence-electron chi connectivity index (χ2n) is 5.98. The van der Waals surface area contributed by atoms with Crippen molar-refractivity contribution in [1.29, 1.82) is 0 Å². The first-order chi connectivity index (χ1) is 13.1. The van der Waals surface area contributed by atoms with Gasteiger partial charge in [0.2, 0.25) is 0 Å². The third kappa shape index (κ3) is 5.09. The zero-order chi connectivity index (χ0) is 19.2. The Morgan fingerprint density at radius 1 is 1.18 bits per heavy atom. The molecule has 0 atom stereocenters. The number of thiazole rings is 1. The summed E-state index contributed by atoms with van der Waals surface area (Å²) in [4.78, 5) is 17.1. The van der Waals surface area contributed by atoms with Gasteiger partial charge in [0, 0.05) is 17.5 Å². The molecule has 3 aromatic rings. The van der Waals surface area contributed by atoms with Crippen molar-refractivity contribution in [2.24, 2.45) is 4.99 Å². The molecule has 0 amide bonds. The highest BCUT2D eigenvalue weighted by Crippen LogP contribution is 2.24. The van der Waals surface area contributed by atoms with Gasteiger partial charge >= 0.3 is 0 Å². The van der Waals surface area contributed by atoms with Gasteiger partial charge in [-0.15, -0.1) is 17.9 Å². The fourth-order valence-corrected chi connectivity index (χ4v) is 3.66. The van der Waals surface area contributed by atoms with Crippen LogP contribution in [-0.4, -0.2) is 17.0 Å². The monoisotopic (exact) mass is 457 g/mol. The van der Waals surface area contributed by atoms with Crippen molar-refractivity contribution in [2.75, 3.05) is 6.61 Å². The summed E-state index contributed by atoms with van der Waals surface area (Å²) in [6.07, 6.45) is 1.86. The molecule has 0 spiro atoms. The second kappa shape index (κ2) is 10.2. The minimum absolute atomic E-state index is 0. The van der Waals surface area contributed by atoms with E-state index >= 15 is 0 Å². The summed E-state index contributed by atoms with van der Waals surface area (Å²) < 4.78 is 7.65. The number of ether oxygens (including phenoxy) is 1. The predicted octanol–water partition coefficient (Wildman–Crippen LogP) is 2.24. The molecule has 0 aliphatic carbocycles. The molecular weight excluding hydrogens is 436 g/mol. The summed E-state index contributed by atoms with van der Waals surface area (Å²) in [6, 6.07) is 15.4. The second-order valence-corrected chi connectivity index (χ2v) is 6.81. The molecule has 28 heavy (non-hydrogen) atoms. The lowest BCUT2D eigenvalue weighted by atomic mass is 10.1.